The molecule has 1 N–H and O–H groups in total. The minimum atomic E-state index is -0.648. The lowest BCUT2D eigenvalue weighted by atomic mass is 10.2. The highest BCUT2D eigenvalue weighted by atomic mass is 35.5. The monoisotopic (exact) mass is 244 g/mol. The summed E-state index contributed by atoms with van der Waals surface area (Å²) in [4.78, 5) is 21.3. The van der Waals surface area contributed by atoms with Crippen LogP contribution in [0.5, 0.6) is 0 Å². The van der Waals surface area contributed by atoms with Gasteiger partial charge in [-0.2, -0.15) is 0 Å². The molecular weight excluding hydrogens is 236 g/mol. The van der Waals surface area contributed by atoms with Gasteiger partial charge in [0.1, 0.15) is 17.3 Å². The van der Waals surface area contributed by atoms with Crippen molar-refractivity contribution in [3.63, 3.8) is 0 Å². The molecule has 0 saturated carbocycles. The minimum Gasteiger partial charge on any atom is -0.375 e. The van der Waals surface area contributed by atoms with Crippen LogP contribution < -0.4 is 5.32 Å². The summed E-state index contributed by atoms with van der Waals surface area (Å²) in [6.07, 6.45) is 0. The Bertz CT molecular complexity index is 422. The third kappa shape index (κ3) is 2.91. The average Bonchev–Trinajstić information content (AvgIpc) is 2.17. The number of benzene rings is 1. The molecule has 0 saturated heterocycles. The van der Waals surface area contributed by atoms with E-state index < -0.39 is 10.8 Å². The van der Waals surface area contributed by atoms with E-state index in [2.05, 4.69) is 10.1 Å². The van der Waals surface area contributed by atoms with Crippen LogP contribution in [0.15, 0.2) is 18.2 Å². The summed E-state index contributed by atoms with van der Waals surface area (Å²) in [5, 5.41) is 13.0. The molecule has 0 aliphatic rings. The molecule has 1 aromatic carbocycles. The SMILES string of the molecule is COCC(=O)Nc1cccc(Cl)c1[N+](=O)[O-]. The zero-order valence-electron chi connectivity index (χ0n) is 8.40. The zero-order valence-corrected chi connectivity index (χ0v) is 9.15. The topological polar surface area (TPSA) is 81.5 Å². The van der Waals surface area contributed by atoms with Crippen LogP contribution in [0, 0.1) is 10.1 Å². The van der Waals surface area contributed by atoms with Gasteiger partial charge in [-0.25, -0.2) is 0 Å². The van der Waals surface area contributed by atoms with E-state index in [1.54, 1.807) is 0 Å². The Labute approximate surface area is 96.3 Å². The maximum Gasteiger partial charge on any atom is 0.311 e. The summed E-state index contributed by atoms with van der Waals surface area (Å²) in [7, 11) is 1.35. The van der Waals surface area contributed by atoms with E-state index in [1.807, 2.05) is 0 Å². The van der Waals surface area contributed by atoms with E-state index in [1.165, 1.54) is 25.3 Å². The Hall–Kier alpha value is -1.66. The highest BCUT2D eigenvalue weighted by Gasteiger charge is 2.19. The fraction of sp³-hybridized carbons (Fsp3) is 0.222. The predicted octanol–water partition coefficient (Wildman–Crippen LogP) is 1.83. The van der Waals surface area contributed by atoms with Gasteiger partial charge in [0.15, 0.2) is 0 Å². The van der Waals surface area contributed by atoms with Gasteiger partial charge >= 0.3 is 5.69 Å². The molecule has 0 atom stereocenters. The van der Waals surface area contributed by atoms with Crippen LogP contribution in [0.1, 0.15) is 0 Å². The summed E-state index contributed by atoms with van der Waals surface area (Å²) in [6, 6.07) is 4.29. The van der Waals surface area contributed by atoms with E-state index in [0.29, 0.717) is 0 Å². The van der Waals surface area contributed by atoms with Crippen molar-refractivity contribution in [1.29, 1.82) is 0 Å². The molecule has 0 aliphatic carbocycles. The second kappa shape index (κ2) is 5.43. The quantitative estimate of drug-likeness (QED) is 0.647. The molecule has 0 radical (unpaired) electrons. The first-order chi connectivity index (χ1) is 7.56. The number of anilines is 1. The first-order valence-corrected chi connectivity index (χ1v) is 4.65. The van der Waals surface area contributed by atoms with Crippen LogP contribution >= 0.6 is 11.6 Å². The first kappa shape index (κ1) is 12.4. The molecule has 0 spiro atoms. The second-order valence-electron chi connectivity index (χ2n) is 2.87. The number of methoxy groups -OCH3 is 1. The molecule has 7 heteroatoms. The number of nitro groups is 1. The number of ether oxygens (including phenoxy) is 1. The van der Waals surface area contributed by atoms with E-state index in [4.69, 9.17) is 11.6 Å². The van der Waals surface area contributed by atoms with Crippen molar-refractivity contribution in [2.45, 2.75) is 0 Å². The molecule has 1 rings (SSSR count). The number of para-hydroxylation sites is 1. The maximum atomic E-state index is 11.2. The van der Waals surface area contributed by atoms with Gasteiger partial charge in [-0.3, -0.25) is 14.9 Å². The smallest absolute Gasteiger partial charge is 0.311 e. The van der Waals surface area contributed by atoms with Crippen LogP contribution in [0.25, 0.3) is 0 Å². The molecule has 1 aromatic rings. The molecule has 6 nitrogen and oxygen atoms in total. The Balaban J connectivity index is 3.00. The summed E-state index contributed by atoms with van der Waals surface area (Å²) in [6.45, 7) is -0.177. The van der Waals surface area contributed by atoms with Crippen molar-refractivity contribution >= 4 is 28.9 Å². The Morgan fingerprint density at radius 3 is 2.88 bits per heavy atom. The Morgan fingerprint density at radius 2 is 2.31 bits per heavy atom. The summed E-state index contributed by atoms with van der Waals surface area (Å²) in [5.41, 5.74) is -0.270. The van der Waals surface area contributed by atoms with Gasteiger partial charge in [0.25, 0.3) is 5.91 Å². The summed E-state index contributed by atoms with van der Waals surface area (Å²) in [5.74, 6) is -0.479. The van der Waals surface area contributed by atoms with Crippen LogP contribution in [0.2, 0.25) is 5.02 Å². The zero-order chi connectivity index (χ0) is 12.1. The Morgan fingerprint density at radius 1 is 1.62 bits per heavy atom. The number of nitrogens with one attached hydrogen (secondary N) is 1. The standard InChI is InChI=1S/C9H9ClN2O4/c1-16-5-8(13)11-7-4-2-3-6(10)9(7)12(14)15/h2-4H,5H2,1H3,(H,11,13). The van der Waals surface area contributed by atoms with Gasteiger partial charge in [0, 0.05) is 7.11 Å². The summed E-state index contributed by atoms with van der Waals surface area (Å²) >= 11 is 5.66. The lowest BCUT2D eigenvalue weighted by Gasteiger charge is -2.05. The highest BCUT2D eigenvalue weighted by molar-refractivity contribution is 6.33. The van der Waals surface area contributed by atoms with E-state index in [-0.39, 0.29) is 23.0 Å². The number of carbonyl (C=O) groups excluding carboxylic acids is 1. The number of nitrogens with zero attached hydrogens (tertiary/aromatic N) is 1. The number of carbonyl (C=O) groups is 1. The van der Waals surface area contributed by atoms with Gasteiger partial charge in [0.2, 0.25) is 0 Å². The normalized spacial score (nSPS) is 9.88. The molecule has 0 aliphatic heterocycles. The maximum absolute atomic E-state index is 11.2. The van der Waals surface area contributed by atoms with Crippen LogP contribution in [-0.4, -0.2) is 24.5 Å². The van der Waals surface area contributed by atoms with Crippen LogP contribution in [-0.2, 0) is 9.53 Å². The molecule has 0 bridgehead atoms. The predicted molar refractivity (Wildman–Crippen MR) is 58.6 cm³/mol. The number of nitro benzene ring substituents is 1. The fourth-order valence-electron chi connectivity index (χ4n) is 1.12. The summed E-state index contributed by atoms with van der Waals surface area (Å²) < 4.78 is 4.59. The van der Waals surface area contributed by atoms with Crippen molar-refractivity contribution in [3.05, 3.63) is 33.3 Å². The van der Waals surface area contributed by atoms with E-state index in [9.17, 15) is 14.9 Å². The van der Waals surface area contributed by atoms with Crippen LogP contribution in [0.4, 0.5) is 11.4 Å². The van der Waals surface area contributed by atoms with Crippen LogP contribution in [0.3, 0.4) is 0 Å². The molecule has 1 amide bonds. The fourth-order valence-corrected chi connectivity index (χ4v) is 1.36. The molecule has 0 aromatic heterocycles. The molecular formula is C9H9ClN2O4. The third-order valence-corrected chi connectivity index (χ3v) is 2.02. The molecule has 0 fully saturated rings. The van der Waals surface area contributed by atoms with Crippen molar-refractivity contribution in [1.82, 2.24) is 0 Å². The van der Waals surface area contributed by atoms with E-state index >= 15 is 0 Å². The van der Waals surface area contributed by atoms with Gasteiger partial charge in [0.05, 0.1) is 4.92 Å². The Kier molecular flexibility index (Phi) is 4.21. The van der Waals surface area contributed by atoms with Gasteiger partial charge in [-0.15, -0.1) is 0 Å². The number of hydrogen-bond donors (Lipinski definition) is 1. The van der Waals surface area contributed by atoms with Crippen molar-refractivity contribution in [2.75, 3.05) is 19.0 Å². The lowest BCUT2D eigenvalue weighted by molar-refractivity contribution is -0.383. The first-order valence-electron chi connectivity index (χ1n) is 4.28. The molecule has 86 valence electrons. The number of halogens is 1. The molecule has 0 heterocycles. The van der Waals surface area contributed by atoms with Crippen molar-refractivity contribution < 1.29 is 14.5 Å². The highest BCUT2D eigenvalue weighted by Crippen LogP contribution is 2.32. The average molecular weight is 245 g/mol. The minimum absolute atomic E-state index is 0.0276. The van der Waals surface area contributed by atoms with Crippen molar-refractivity contribution in [2.24, 2.45) is 0 Å². The van der Waals surface area contributed by atoms with Gasteiger partial charge in [-0.1, -0.05) is 17.7 Å². The number of rotatable bonds is 4. The van der Waals surface area contributed by atoms with Crippen molar-refractivity contribution in [3.8, 4) is 0 Å². The molecule has 16 heavy (non-hydrogen) atoms. The van der Waals surface area contributed by atoms with Gasteiger partial charge in [-0.05, 0) is 12.1 Å². The van der Waals surface area contributed by atoms with E-state index in [0.717, 1.165) is 0 Å². The molecule has 0 unspecified atom stereocenters. The number of hydrogen-bond acceptors (Lipinski definition) is 4. The van der Waals surface area contributed by atoms with Gasteiger partial charge < -0.3 is 10.1 Å². The lowest BCUT2D eigenvalue weighted by Crippen LogP contribution is -2.17. The largest absolute Gasteiger partial charge is 0.375 e. The third-order valence-electron chi connectivity index (χ3n) is 1.72. The second-order valence-corrected chi connectivity index (χ2v) is 3.28. The number of amides is 1.